The topological polar surface area (TPSA) is 0 Å². The van der Waals surface area contributed by atoms with E-state index in [1.807, 2.05) is 6.07 Å². The van der Waals surface area contributed by atoms with Crippen LogP contribution >= 0.6 is 15.9 Å². The van der Waals surface area contributed by atoms with Crippen LogP contribution in [0.25, 0.3) is 0 Å². The van der Waals surface area contributed by atoms with E-state index in [1.54, 1.807) is 6.07 Å². The van der Waals surface area contributed by atoms with Crippen molar-refractivity contribution in [3.05, 3.63) is 35.1 Å². The summed E-state index contributed by atoms with van der Waals surface area (Å²) >= 11 is 3.54. The third-order valence-electron chi connectivity index (χ3n) is 3.89. The van der Waals surface area contributed by atoms with Gasteiger partial charge in [0, 0.05) is 5.33 Å². The molecule has 0 N–H and O–H groups in total. The van der Waals surface area contributed by atoms with Crippen molar-refractivity contribution in [2.75, 3.05) is 5.33 Å². The number of benzene rings is 1. The zero-order valence-corrected chi connectivity index (χ0v) is 9.48. The van der Waals surface area contributed by atoms with Crippen molar-refractivity contribution in [1.29, 1.82) is 0 Å². The molecule has 2 aliphatic carbocycles. The van der Waals surface area contributed by atoms with Gasteiger partial charge in [-0.2, -0.15) is 0 Å². The predicted molar refractivity (Wildman–Crippen MR) is 58.3 cm³/mol. The lowest BCUT2D eigenvalue weighted by Gasteiger charge is -2.09. The van der Waals surface area contributed by atoms with Crippen molar-refractivity contribution in [1.82, 2.24) is 0 Å². The lowest BCUT2D eigenvalue weighted by molar-refractivity contribution is 0.610. The first-order valence-corrected chi connectivity index (χ1v) is 6.24. The van der Waals surface area contributed by atoms with Gasteiger partial charge in [0.1, 0.15) is 5.82 Å². The summed E-state index contributed by atoms with van der Waals surface area (Å²) in [7, 11) is 0. The van der Waals surface area contributed by atoms with Gasteiger partial charge in [0.15, 0.2) is 0 Å². The molecule has 0 aromatic heterocycles. The maximum atomic E-state index is 13.5. The van der Waals surface area contributed by atoms with Gasteiger partial charge in [-0.25, -0.2) is 4.39 Å². The fourth-order valence-corrected chi connectivity index (χ4v) is 3.83. The number of rotatable bonds is 1. The zero-order valence-electron chi connectivity index (χ0n) is 7.89. The predicted octanol–water partition coefficient (Wildman–Crippen LogP) is 3.42. The van der Waals surface area contributed by atoms with E-state index in [-0.39, 0.29) is 5.82 Å². The lowest BCUT2D eigenvalue weighted by Crippen LogP contribution is -2.05. The van der Waals surface area contributed by atoms with E-state index in [4.69, 9.17) is 0 Å². The van der Waals surface area contributed by atoms with Gasteiger partial charge in [0.05, 0.1) is 0 Å². The Hall–Kier alpha value is -0.370. The molecule has 0 aliphatic heterocycles. The molecule has 0 amide bonds. The molecule has 0 radical (unpaired) electrons. The summed E-state index contributed by atoms with van der Waals surface area (Å²) in [5.41, 5.74) is 2.62. The molecule has 1 saturated carbocycles. The Morgan fingerprint density at radius 3 is 3.07 bits per heavy atom. The molecule has 1 aromatic carbocycles. The minimum Gasteiger partial charge on any atom is -0.207 e. The third-order valence-corrected chi connectivity index (χ3v) is 4.68. The van der Waals surface area contributed by atoms with Crippen LogP contribution in [0.15, 0.2) is 18.2 Å². The van der Waals surface area contributed by atoms with Crippen molar-refractivity contribution in [2.24, 2.45) is 5.92 Å². The molecule has 2 unspecified atom stereocenters. The molecule has 1 fully saturated rings. The minimum absolute atomic E-state index is 0.000373. The number of hydrogen-bond acceptors (Lipinski definition) is 0. The van der Waals surface area contributed by atoms with Crippen LogP contribution in [0.3, 0.4) is 0 Å². The average molecular weight is 255 g/mol. The maximum absolute atomic E-state index is 13.5. The van der Waals surface area contributed by atoms with E-state index in [9.17, 15) is 4.39 Å². The van der Waals surface area contributed by atoms with E-state index in [1.165, 1.54) is 12.0 Å². The second-order valence-corrected chi connectivity index (χ2v) is 5.12. The Labute approximate surface area is 91.6 Å². The van der Waals surface area contributed by atoms with Crippen molar-refractivity contribution in [3.63, 3.8) is 0 Å². The fraction of sp³-hybridized carbons (Fsp3) is 0.500. The maximum Gasteiger partial charge on any atom is 0.126 e. The first-order valence-electron chi connectivity index (χ1n) is 5.12. The smallest absolute Gasteiger partial charge is 0.126 e. The van der Waals surface area contributed by atoms with E-state index in [0.717, 1.165) is 29.7 Å². The Bertz CT molecular complexity index is 388. The summed E-state index contributed by atoms with van der Waals surface area (Å²) in [6.07, 6.45) is 3.33. The summed E-state index contributed by atoms with van der Waals surface area (Å²) in [5, 5.41) is 1.06. The first kappa shape index (κ1) is 8.90. The highest BCUT2D eigenvalue weighted by Gasteiger charge is 2.57. The minimum atomic E-state index is -0.000373. The van der Waals surface area contributed by atoms with Crippen LogP contribution in [0, 0.1) is 11.7 Å². The van der Waals surface area contributed by atoms with Gasteiger partial charge >= 0.3 is 0 Å². The molecule has 0 saturated heterocycles. The molecular formula is C12H12BrF. The Morgan fingerprint density at radius 2 is 2.36 bits per heavy atom. The number of hydrogen-bond donors (Lipinski definition) is 0. The molecule has 2 aliphatic rings. The highest BCUT2D eigenvalue weighted by molar-refractivity contribution is 9.09. The van der Waals surface area contributed by atoms with Gasteiger partial charge in [-0.3, -0.25) is 0 Å². The Morgan fingerprint density at radius 1 is 1.50 bits per heavy atom. The Balaban J connectivity index is 2.08. The van der Waals surface area contributed by atoms with Crippen LogP contribution in [0.1, 0.15) is 24.0 Å². The molecular weight excluding hydrogens is 243 g/mol. The second-order valence-electron chi connectivity index (χ2n) is 4.48. The van der Waals surface area contributed by atoms with Gasteiger partial charge in [-0.15, -0.1) is 0 Å². The fourth-order valence-electron chi connectivity index (χ4n) is 2.98. The largest absolute Gasteiger partial charge is 0.207 e. The zero-order chi connectivity index (χ0) is 9.76. The van der Waals surface area contributed by atoms with Crippen molar-refractivity contribution in [2.45, 2.75) is 24.7 Å². The van der Waals surface area contributed by atoms with Crippen LogP contribution < -0.4 is 0 Å². The lowest BCUT2D eigenvalue weighted by atomic mass is 9.96. The van der Waals surface area contributed by atoms with Gasteiger partial charge in [-0.1, -0.05) is 28.1 Å². The number of alkyl halides is 1. The van der Waals surface area contributed by atoms with Crippen molar-refractivity contribution in [3.8, 4) is 0 Å². The Kier molecular flexibility index (Phi) is 1.79. The summed E-state index contributed by atoms with van der Waals surface area (Å²) < 4.78 is 13.5. The van der Waals surface area contributed by atoms with Crippen LogP contribution in [0.4, 0.5) is 4.39 Å². The molecule has 1 aromatic rings. The van der Waals surface area contributed by atoms with Crippen LogP contribution in [-0.2, 0) is 11.8 Å². The summed E-state index contributed by atoms with van der Waals surface area (Å²) in [6, 6.07) is 5.56. The van der Waals surface area contributed by atoms with E-state index in [2.05, 4.69) is 22.0 Å². The van der Waals surface area contributed by atoms with Crippen molar-refractivity contribution >= 4 is 15.9 Å². The highest BCUT2D eigenvalue weighted by atomic mass is 79.9. The monoisotopic (exact) mass is 254 g/mol. The van der Waals surface area contributed by atoms with Gasteiger partial charge in [-0.05, 0) is 47.8 Å². The first-order chi connectivity index (χ1) is 6.78. The average Bonchev–Trinajstić information content (AvgIpc) is 2.77. The molecule has 2 atom stereocenters. The molecule has 0 heterocycles. The highest BCUT2D eigenvalue weighted by Crippen LogP contribution is 2.62. The van der Waals surface area contributed by atoms with Gasteiger partial charge < -0.3 is 0 Å². The molecule has 74 valence electrons. The normalized spacial score (nSPS) is 33.4. The van der Waals surface area contributed by atoms with Gasteiger partial charge in [0.2, 0.25) is 0 Å². The molecule has 1 spiro atoms. The second kappa shape index (κ2) is 2.82. The molecule has 0 nitrogen and oxygen atoms in total. The van der Waals surface area contributed by atoms with E-state index in [0.29, 0.717) is 5.41 Å². The third kappa shape index (κ3) is 0.979. The quantitative estimate of drug-likeness (QED) is 0.674. The number of fused-ring (bicyclic) bond motifs is 2. The van der Waals surface area contributed by atoms with E-state index < -0.39 is 0 Å². The van der Waals surface area contributed by atoms with E-state index >= 15 is 0 Å². The molecule has 2 heteroatoms. The van der Waals surface area contributed by atoms with Crippen molar-refractivity contribution < 1.29 is 4.39 Å². The van der Waals surface area contributed by atoms with Crippen LogP contribution in [0.2, 0.25) is 0 Å². The SMILES string of the molecule is Fc1cccc2c1CCC21CC1CBr. The number of halogens is 2. The standard InChI is InChI=1S/C12H12BrF/c13-7-8-6-12(8)5-4-9-10(12)2-1-3-11(9)14/h1-3,8H,4-7H2. The van der Waals surface area contributed by atoms with Crippen LogP contribution in [-0.4, -0.2) is 5.33 Å². The van der Waals surface area contributed by atoms with Gasteiger partial charge in [0.25, 0.3) is 0 Å². The van der Waals surface area contributed by atoms with Crippen LogP contribution in [0.5, 0.6) is 0 Å². The molecule has 3 rings (SSSR count). The summed E-state index contributed by atoms with van der Waals surface area (Å²) in [6.45, 7) is 0. The summed E-state index contributed by atoms with van der Waals surface area (Å²) in [5.74, 6) is 0.741. The molecule has 14 heavy (non-hydrogen) atoms. The molecule has 0 bridgehead atoms. The summed E-state index contributed by atoms with van der Waals surface area (Å²) in [4.78, 5) is 0.